The van der Waals surface area contributed by atoms with E-state index in [1.807, 2.05) is 24.3 Å². The average molecular weight is 297 g/mol. The van der Waals surface area contributed by atoms with Crippen molar-refractivity contribution in [1.29, 1.82) is 0 Å². The highest BCUT2D eigenvalue weighted by Gasteiger charge is 2.09. The lowest BCUT2D eigenvalue weighted by Gasteiger charge is -1.93. The number of aryl methyl sites for hydroxylation is 1. The maximum Gasteiger partial charge on any atom is 0.303 e. The molecule has 0 fully saturated rings. The Morgan fingerprint density at radius 1 is 1.35 bits per heavy atom. The maximum absolute atomic E-state index is 10.4. The van der Waals surface area contributed by atoms with Crippen LogP contribution in [0.15, 0.2) is 33.3 Å². The molecule has 1 N–H and O–H groups in total. The van der Waals surface area contributed by atoms with E-state index < -0.39 is 5.97 Å². The first kappa shape index (κ1) is 11.8. The zero-order chi connectivity index (χ0) is 12.3. The van der Waals surface area contributed by atoms with E-state index >= 15 is 0 Å². The van der Waals surface area contributed by atoms with Gasteiger partial charge in [-0.2, -0.15) is 4.98 Å². The summed E-state index contributed by atoms with van der Waals surface area (Å²) in [6, 6.07) is 7.43. The van der Waals surface area contributed by atoms with Gasteiger partial charge in [-0.1, -0.05) is 21.1 Å². The second-order valence-corrected chi connectivity index (χ2v) is 4.33. The van der Waals surface area contributed by atoms with E-state index in [0.717, 1.165) is 10.0 Å². The van der Waals surface area contributed by atoms with Crippen molar-refractivity contribution in [3.63, 3.8) is 0 Å². The van der Waals surface area contributed by atoms with Crippen molar-refractivity contribution in [1.82, 2.24) is 10.1 Å². The number of nitrogens with zero attached hydrogens (tertiary/aromatic N) is 2. The Kier molecular flexibility index (Phi) is 3.53. The highest BCUT2D eigenvalue weighted by Crippen LogP contribution is 2.20. The topological polar surface area (TPSA) is 76.2 Å². The monoisotopic (exact) mass is 296 g/mol. The number of rotatable bonds is 4. The molecule has 88 valence electrons. The molecule has 5 nitrogen and oxygen atoms in total. The molecule has 0 saturated heterocycles. The quantitative estimate of drug-likeness (QED) is 0.938. The van der Waals surface area contributed by atoms with Gasteiger partial charge < -0.3 is 9.63 Å². The van der Waals surface area contributed by atoms with Gasteiger partial charge in [0.15, 0.2) is 5.82 Å². The van der Waals surface area contributed by atoms with Crippen LogP contribution in [0.4, 0.5) is 0 Å². The number of hydrogen-bond donors (Lipinski definition) is 1. The predicted octanol–water partition coefficient (Wildman–Crippen LogP) is 2.52. The molecule has 0 unspecified atom stereocenters. The lowest BCUT2D eigenvalue weighted by Crippen LogP contribution is -1.98. The van der Waals surface area contributed by atoms with Crippen LogP contribution in [0.25, 0.3) is 11.5 Å². The Hall–Kier alpha value is -1.69. The van der Waals surface area contributed by atoms with E-state index in [1.54, 1.807) is 0 Å². The minimum Gasteiger partial charge on any atom is -0.481 e. The normalized spacial score (nSPS) is 10.4. The fourth-order valence-corrected chi connectivity index (χ4v) is 1.55. The van der Waals surface area contributed by atoms with Crippen molar-refractivity contribution in [2.24, 2.45) is 0 Å². The Bertz CT molecular complexity index is 522. The van der Waals surface area contributed by atoms with Gasteiger partial charge in [0.25, 0.3) is 5.89 Å². The van der Waals surface area contributed by atoms with Crippen LogP contribution in [0.5, 0.6) is 0 Å². The smallest absolute Gasteiger partial charge is 0.303 e. The van der Waals surface area contributed by atoms with Crippen LogP contribution in [-0.2, 0) is 11.2 Å². The standard InChI is InChI=1S/C11H9BrN2O3/c12-8-3-1-7(2-4-8)11-13-9(14-17-11)5-6-10(15)16/h1-4H,5-6H2,(H,15,16). The van der Waals surface area contributed by atoms with Crippen LogP contribution in [0.3, 0.4) is 0 Å². The third-order valence-corrected chi connectivity index (χ3v) is 2.65. The second kappa shape index (κ2) is 5.09. The molecule has 17 heavy (non-hydrogen) atoms. The Morgan fingerprint density at radius 2 is 2.06 bits per heavy atom. The first-order valence-corrected chi connectivity index (χ1v) is 5.75. The lowest BCUT2D eigenvalue weighted by molar-refractivity contribution is -0.137. The summed E-state index contributed by atoms with van der Waals surface area (Å²) < 4.78 is 6.02. The zero-order valence-corrected chi connectivity index (χ0v) is 10.3. The molecule has 2 aromatic rings. The van der Waals surface area contributed by atoms with Gasteiger partial charge in [0.1, 0.15) is 0 Å². The molecule has 0 amide bonds. The van der Waals surface area contributed by atoms with Gasteiger partial charge in [-0.25, -0.2) is 0 Å². The van der Waals surface area contributed by atoms with E-state index in [1.165, 1.54) is 0 Å². The third-order valence-electron chi connectivity index (χ3n) is 2.12. The molecule has 0 spiro atoms. The van der Waals surface area contributed by atoms with E-state index in [0.29, 0.717) is 11.7 Å². The SMILES string of the molecule is O=C(O)CCc1noc(-c2ccc(Br)cc2)n1. The van der Waals surface area contributed by atoms with E-state index in [9.17, 15) is 4.79 Å². The zero-order valence-electron chi connectivity index (χ0n) is 8.76. The molecule has 1 heterocycles. The fraction of sp³-hybridized carbons (Fsp3) is 0.182. The van der Waals surface area contributed by atoms with E-state index in [2.05, 4.69) is 26.1 Å². The van der Waals surface area contributed by atoms with Crippen molar-refractivity contribution in [3.05, 3.63) is 34.6 Å². The van der Waals surface area contributed by atoms with Crippen molar-refractivity contribution in [2.45, 2.75) is 12.8 Å². The van der Waals surface area contributed by atoms with Gasteiger partial charge in [0.05, 0.1) is 6.42 Å². The maximum atomic E-state index is 10.4. The van der Waals surface area contributed by atoms with Gasteiger partial charge in [0, 0.05) is 16.5 Å². The third kappa shape index (κ3) is 3.13. The van der Waals surface area contributed by atoms with Crippen molar-refractivity contribution < 1.29 is 14.4 Å². The van der Waals surface area contributed by atoms with Crippen molar-refractivity contribution in [2.75, 3.05) is 0 Å². The number of carboxylic acid groups (broad SMARTS) is 1. The summed E-state index contributed by atoms with van der Waals surface area (Å²) in [7, 11) is 0. The van der Waals surface area contributed by atoms with Crippen molar-refractivity contribution >= 4 is 21.9 Å². The average Bonchev–Trinajstić information content (AvgIpc) is 2.76. The number of hydrogen-bond acceptors (Lipinski definition) is 4. The van der Waals surface area contributed by atoms with Gasteiger partial charge in [-0.05, 0) is 24.3 Å². The van der Waals surface area contributed by atoms with Crippen LogP contribution in [0.2, 0.25) is 0 Å². The van der Waals surface area contributed by atoms with Gasteiger partial charge in [0.2, 0.25) is 0 Å². The van der Waals surface area contributed by atoms with Gasteiger partial charge in [-0.3, -0.25) is 4.79 Å². The summed E-state index contributed by atoms with van der Waals surface area (Å²) in [5, 5.41) is 12.3. The van der Waals surface area contributed by atoms with Crippen LogP contribution >= 0.6 is 15.9 Å². The highest BCUT2D eigenvalue weighted by atomic mass is 79.9. The summed E-state index contributed by atoms with van der Waals surface area (Å²) in [6.07, 6.45) is 0.272. The molecule has 1 aromatic heterocycles. The Balaban J connectivity index is 2.12. The molecular weight excluding hydrogens is 288 g/mol. The molecule has 6 heteroatoms. The minimum atomic E-state index is -0.875. The Morgan fingerprint density at radius 3 is 2.71 bits per heavy atom. The first-order valence-electron chi connectivity index (χ1n) is 4.95. The number of aliphatic carboxylic acids is 1. The molecular formula is C11H9BrN2O3. The van der Waals surface area contributed by atoms with Gasteiger partial charge >= 0.3 is 5.97 Å². The number of halogens is 1. The minimum absolute atomic E-state index is 0.000683. The molecule has 0 aliphatic carbocycles. The van der Waals surface area contributed by atoms with Crippen LogP contribution in [-0.4, -0.2) is 21.2 Å². The molecule has 0 radical (unpaired) electrons. The summed E-state index contributed by atoms with van der Waals surface area (Å²) in [5.41, 5.74) is 0.808. The highest BCUT2D eigenvalue weighted by molar-refractivity contribution is 9.10. The van der Waals surface area contributed by atoms with Crippen molar-refractivity contribution in [3.8, 4) is 11.5 Å². The van der Waals surface area contributed by atoms with E-state index in [4.69, 9.17) is 9.63 Å². The number of carboxylic acids is 1. The molecule has 0 atom stereocenters. The lowest BCUT2D eigenvalue weighted by atomic mass is 10.2. The second-order valence-electron chi connectivity index (χ2n) is 3.42. The van der Waals surface area contributed by atoms with Crippen LogP contribution in [0, 0.1) is 0 Å². The molecule has 0 saturated carbocycles. The molecule has 0 aliphatic rings. The summed E-state index contributed by atoms with van der Waals surface area (Å²) in [5.74, 6) is -0.0665. The largest absolute Gasteiger partial charge is 0.481 e. The Labute approximate surface area is 106 Å². The fourth-order valence-electron chi connectivity index (χ4n) is 1.28. The predicted molar refractivity (Wildman–Crippen MR) is 63.4 cm³/mol. The van der Waals surface area contributed by atoms with Crippen LogP contribution < -0.4 is 0 Å². The molecule has 2 rings (SSSR count). The summed E-state index contributed by atoms with van der Waals surface area (Å²) in [6.45, 7) is 0. The van der Waals surface area contributed by atoms with Gasteiger partial charge in [-0.15, -0.1) is 0 Å². The molecule has 0 bridgehead atoms. The van der Waals surface area contributed by atoms with E-state index in [-0.39, 0.29) is 12.8 Å². The summed E-state index contributed by atoms with van der Waals surface area (Å²) in [4.78, 5) is 14.5. The molecule has 0 aliphatic heterocycles. The molecule has 1 aromatic carbocycles. The number of benzene rings is 1. The first-order chi connectivity index (χ1) is 8.15. The number of carbonyl (C=O) groups is 1. The number of aromatic nitrogens is 2. The summed E-state index contributed by atoms with van der Waals surface area (Å²) >= 11 is 3.33. The van der Waals surface area contributed by atoms with Crippen LogP contribution in [0.1, 0.15) is 12.2 Å².